The molecule has 2 rings (SSSR count). The summed E-state index contributed by atoms with van der Waals surface area (Å²) in [6, 6.07) is 8.61. The Hall–Kier alpha value is -1.58. The standard InChI is InChI=1S/C15H15Cl2NO2/c1-9-5-13(15(20-2)7-12(9)17)18-8-10-6-11(16)3-4-14(10)19/h3-7,18-19H,8H2,1-2H3. The Morgan fingerprint density at radius 2 is 1.95 bits per heavy atom. The van der Waals surface area contributed by atoms with Crippen molar-refractivity contribution in [1.29, 1.82) is 0 Å². The number of phenolic OH excluding ortho intramolecular Hbond substituents is 1. The Bertz CT molecular complexity index is 630. The van der Waals surface area contributed by atoms with Crippen LogP contribution in [0.15, 0.2) is 30.3 Å². The minimum atomic E-state index is 0.201. The molecule has 2 N–H and O–H groups in total. The number of nitrogens with one attached hydrogen (secondary N) is 1. The predicted molar refractivity (Wildman–Crippen MR) is 83.2 cm³/mol. The van der Waals surface area contributed by atoms with Gasteiger partial charge in [0.2, 0.25) is 0 Å². The first-order chi connectivity index (χ1) is 9.51. The van der Waals surface area contributed by atoms with Crippen molar-refractivity contribution in [3.63, 3.8) is 0 Å². The average Bonchev–Trinajstić information content (AvgIpc) is 2.43. The Balaban J connectivity index is 2.22. The molecule has 0 aromatic heterocycles. The third-order valence-electron chi connectivity index (χ3n) is 2.99. The van der Waals surface area contributed by atoms with Crippen molar-refractivity contribution in [1.82, 2.24) is 0 Å². The Labute approximate surface area is 128 Å². The summed E-state index contributed by atoms with van der Waals surface area (Å²) in [7, 11) is 1.59. The molecule has 2 aromatic rings. The number of methoxy groups -OCH3 is 1. The van der Waals surface area contributed by atoms with Gasteiger partial charge in [-0.2, -0.15) is 0 Å². The van der Waals surface area contributed by atoms with E-state index in [-0.39, 0.29) is 5.75 Å². The van der Waals surface area contributed by atoms with Crippen LogP contribution in [0.4, 0.5) is 5.69 Å². The molecule has 0 heterocycles. The molecule has 0 radical (unpaired) electrons. The van der Waals surface area contributed by atoms with Crippen molar-refractivity contribution in [2.24, 2.45) is 0 Å². The first kappa shape index (κ1) is 14.8. The van der Waals surface area contributed by atoms with Crippen LogP contribution >= 0.6 is 23.2 Å². The minimum Gasteiger partial charge on any atom is -0.508 e. The van der Waals surface area contributed by atoms with Crippen LogP contribution < -0.4 is 10.1 Å². The predicted octanol–water partition coefficient (Wildman–Crippen LogP) is 4.63. The smallest absolute Gasteiger partial charge is 0.143 e. The summed E-state index contributed by atoms with van der Waals surface area (Å²) in [4.78, 5) is 0. The van der Waals surface area contributed by atoms with E-state index in [1.165, 1.54) is 0 Å². The van der Waals surface area contributed by atoms with Gasteiger partial charge in [-0.1, -0.05) is 23.2 Å². The molecule has 0 aliphatic rings. The lowest BCUT2D eigenvalue weighted by Crippen LogP contribution is -2.02. The van der Waals surface area contributed by atoms with E-state index in [0.29, 0.717) is 27.9 Å². The Morgan fingerprint density at radius 1 is 1.20 bits per heavy atom. The number of anilines is 1. The largest absolute Gasteiger partial charge is 0.508 e. The summed E-state index contributed by atoms with van der Waals surface area (Å²) in [5.74, 6) is 0.855. The van der Waals surface area contributed by atoms with E-state index >= 15 is 0 Å². The number of benzene rings is 2. The van der Waals surface area contributed by atoms with Gasteiger partial charge in [-0.05, 0) is 36.8 Å². The van der Waals surface area contributed by atoms with Gasteiger partial charge in [-0.15, -0.1) is 0 Å². The van der Waals surface area contributed by atoms with Gasteiger partial charge < -0.3 is 15.2 Å². The van der Waals surface area contributed by atoms with Crippen molar-refractivity contribution in [2.75, 3.05) is 12.4 Å². The number of hydrogen-bond acceptors (Lipinski definition) is 3. The fourth-order valence-corrected chi connectivity index (χ4v) is 2.20. The topological polar surface area (TPSA) is 41.5 Å². The van der Waals surface area contributed by atoms with Crippen molar-refractivity contribution < 1.29 is 9.84 Å². The lowest BCUT2D eigenvalue weighted by Gasteiger charge is -2.14. The third kappa shape index (κ3) is 3.30. The van der Waals surface area contributed by atoms with E-state index in [2.05, 4.69) is 5.32 Å². The number of hydrogen-bond donors (Lipinski definition) is 2. The zero-order chi connectivity index (χ0) is 14.7. The fraction of sp³-hybridized carbons (Fsp3) is 0.200. The molecule has 0 saturated heterocycles. The summed E-state index contributed by atoms with van der Waals surface area (Å²) in [6.45, 7) is 2.35. The molecular weight excluding hydrogens is 297 g/mol. The van der Waals surface area contributed by atoms with Crippen LogP contribution in [0.25, 0.3) is 0 Å². The second-order valence-corrected chi connectivity index (χ2v) is 5.27. The zero-order valence-electron chi connectivity index (χ0n) is 11.2. The lowest BCUT2D eigenvalue weighted by atomic mass is 10.1. The molecular formula is C15H15Cl2NO2. The highest BCUT2D eigenvalue weighted by molar-refractivity contribution is 6.31. The summed E-state index contributed by atoms with van der Waals surface area (Å²) in [5, 5.41) is 14.2. The van der Waals surface area contributed by atoms with Crippen LogP contribution in [0, 0.1) is 6.92 Å². The second kappa shape index (κ2) is 6.25. The van der Waals surface area contributed by atoms with E-state index in [1.54, 1.807) is 31.4 Å². The molecule has 0 atom stereocenters. The number of phenols is 1. The van der Waals surface area contributed by atoms with Gasteiger partial charge in [0.1, 0.15) is 11.5 Å². The van der Waals surface area contributed by atoms with Crippen LogP contribution in [0.3, 0.4) is 0 Å². The van der Waals surface area contributed by atoms with Crippen LogP contribution in [-0.4, -0.2) is 12.2 Å². The van der Waals surface area contributed by atoms with E-state index < -0.39 is 0 Å². The molecule has 2 aromatic carbocycles. The van der Waals surface area contributed by atoms with Crippen molar-refractivity contribution in [3.8, 4) is 11.5 Å². The first-order valence-corrected chi connectivity index (χ1v) is 6.82. The molecule has 0 aliphatic carbocycles. The maximum atomic E-state index is 9.79. The fourth-order valence-electron chi connectivity index (χ4n) is 1.86. The molecule has 0 bridgehead atoms. The minimum absolute atomic E-state index is 0.201. The van der Waals surface area contributed by atoms with Crippen molar-refractivity contribution in [2.45, 2.75) is 13.5 Å². The summed E-state index contributed by atoms with van der Waals surface area (Å²) in [5.41, 5.74) is 2.48. The molecule has 0 saturated carbocycles. The summed E-state index contributed by atoms with van der Waals surface area (Å²) in [6.07, 6.45) is 0. The first-order valence-electron chi connectivity index (χ1n) is 6.06. The van der Waals surface area contributed by atoms with E-state index in [4.69, 9.17) is 27.9 Å². The van der Waals surface area contributed by atoms with Crippen molar-refractivity contribution in [3.05, 3.63) is 51.5 Å². The quantitative estimate of drug-likeness (QED) is 0.865. The highest BCUT2D eigenvalue weighted by Gasteiger charge is 2.08. The summed E-state index contributed by atoms with van der Waals surface area (Å²) < 4.78 is 5.29. The Kier molecular flexibility index (Phi) is 4.63. The van der Waals surface area contributed by atoms with Gasteiger partial charge >= 0.3 is 0 Å². The highest BCUT2D eigenvalue weighted by atomic mass is 35.5. The molecule has 106 valence electrons. The average molecular weight is 312 g/mol. The number of halogens is 2. The molecule has 5 heteroatoms. The number of rotatable bonds is 4. The van der Waals surface area contributed by atoms with Crippen LogP contribution in [0.2, 0.25) is 10.0 Å². The molecule has 0 spiro atoms. The van der Waals surface area contributed by atoms with Crippen molar-refractivity contribution >= 4 is 28.9 Å². The third-order valence-corrected chi connectivity index (χ3v) is 3.63. The van der Waals surface area contributed by atoms with Gasteiger partial charge in [0.05, 0.1) is 12.8 Å². The van der Waals surface area contributed by atoms with Crippen LogP contribution in [0.1, 0.15) is 11.1 Å². The summed E-state index contributed by atoms with van der Waals surface area (Å²) >= 11 is 12.0. The molecule has 0 aliphatic heterocycles. The Morgan fingerprint density at radius 3 is 2.65 bits per heavy atom. The second-order valence-electron chi connectivity index (χ2n) is 4.43. The van der Waals surface area contributed by atoms with Gasteiger partial charge in [0.15, 0.2) is 0 Å². The number of ether oxygens (including phenoxy) is 1. The van der Waals surface area contributed by atoms with Gasteiger partial charge in [-0.25, -0.2) is 0 Å². The SMILES string of the molecule is COc1cc(Cl)c(C)cc1NCc1cc(Cl)ccc1O. The molecule has 0 unspecified atom stereocenters. The number of aromatic hydroxyl groups is 1. The lowest BCUT2D eigenvalue weighted by molar-refractivity contribution is 0.416. The molecule has 0 amide bonds. The van der Waals surface area contributed by atoms with E-state index in [1.807, 2.05) is 13.0 Å². The van der Waals surface area contributed by atoms with Gasteiger partial charge in [-0.3, -0.25) is 0 Å². The van der Waals surface area contributed by atoms with Crippen LogP contribution in [-0.2, 0) is 6.54 Å². The zero-order valence-corrected chi connectivity index (χ0v) is 12.7. The van der Waals surface area contributed by atoms with Crippen LogP contribution in [0.5, 0.6) is 11.5 Å². The molecule has 3 nitrogen and oxygen atoms in total. The normalized spacial score (nSPS) is 10.4. The maximum Gasteiger partial charge on any atom is 0.143 e. The molecule has 20 heavy (non-hydrogen) atoms. The molecule has 0 fully saturated rings. The number of aryl methyl sites for hydroxylation is 1. The maximum absolute atomic E-state index is 9.79. The highest BCUT2D eigenvalue weighted by Crippen LogP contribution is 2.32. The monoisotopic (exact) mass is 311 g/mol. The van der Waals surface area contributed by atoms with E-state index in [0.717, 1.165) is 11.3 Å². The van der Waals surface area contributed by atoms with Gasteiger partial charge in [0.25, 0.3) is 0 Å². The van der Waals surface area contributed by atoms with E-state index in [9.17, 15) is 5.11 Å². The van der Waals surface area contributed by atoms with Gasteiger partial charge in [0, 0.05) is 28.2 Å².